The second kappa shape index (κ2) is 7.12. The smallest absolute Gasteiger partial charge is 0.329 e. The van der Waals surface area contributed by atoms with Crippen LogP contribution < -0.4 is 17.0 Å². The summed E-state index contributed by atoms with van der Waals surface area (Å²) in [7, 11) is 1.83. The Hall–Kier alpha value is -1.89. The molecule has 0 aromatic carbocycles. The van der Waals surface area contributed by atoms with Crippen LogP contribution in [0.1, 0.15) is 51.4 Å². The summed E-state index contributed by atoms with van der Waals surface area (Å²) < 4.78 is 1.24. The van der Waals surface area contributed by atoms with E-state index in [9.17, 15) is 14.4 Å². The maximum Gasteiger partial charge on any atom is 0.329 e. The Morgan fingerprint density at radius 1 is 1.35 bits per heavy atom. The molecule has 23 heavy (non-hydrogen) atoms. The van der Waals surface area contributed by atoms with E-state index >= 15 is 0 Å². The topological polar surface area (TPSA) is 101 Å². The number of aromatic amines is 1. The molecule has 0 saturated heterocycles. The molecule has 0 unspecified atom stereocenters. The van der Waals surface area contributed by atoms with Crippen LogP contribution in [0.25, 0.3) is 0 Å². The number of aromatic nitrogens is 2. The lowest BCUT2D eigenvalue weighted by atomic mass is 9.87. The standard InChI is InChI=1S/C16H28N4O3/c1-7-8-20-13(17)12(14(22)18-15(20)23)11(21)9-19(6)10(2)16(3,4)5/h10H,7-9,17H2,1-6H3,(H,18,22,23)/t10-/m1/s1. The van der Waals surface area contributed by atoms with Crippen LogP contribution in [0.15, 0.2) is 9.59 Å². The van der Waals surface area contributed by atoms with Crippen molar-refractivity contribution in [1.82, 2.24) is 14.5 Å². The molecule has 0 fully saturated rings. The third kappa shape index (κ3) is 4.31. The SMILES string of the molecule is CCCn1c(N)c(C(=O)CN(C)[C@H](C)C(C)(C)C)c(=O)[nH]c1=O. The summed E-state index contributed by atoms with van der Waals surface area (Å²) >= 11 is 0. The van der Waals surface area contributed by atoms with Gasteiger partial charge in [-0.15, -0.1) is 0 Å². The number of nitrogens with one attached hydrogen (secondary N) is 1. The van der Waals surface area contributed by atoms with Gasteiger partial charge in [0.1, 0.15) is 11.4 Å². The Bertz CT molecular complexity index is 682. The highest BCUT2D eigenvalue weighted by Gasteiger charge is 2.27. The van der Waals surface area contributed by atoms with Gasteiger partial charge in [-0.1, -0.05) is 27.7 Å². The van der Waals surface area contributed by atoms with Crippen molar-refractivity contribution < 1.29 is 4.79 Å². The van der Waals surface area contributed by atoms with Crippen LogP contribution in [0.4, 0.5) is 5.82 Å². The summed E-state index contributed by atoms with van der Waals surface area (Å²) in [4.78, 5) is 40.4. The van der Waals surface area contributed by atoms with E-state index in [0.29, 0.717) is 13.0 Å². The van der Waals surface area contributed by atoms with Gasteiger partial charge >= 0.3 is 5.69 Å². The number of nitrogens with zero attached hydrogens (tertiary/aromatic N) is 2. The van der Waals surface area contributed by atoms with Crippen molar-refractivity contribution in [3.8, 4) is 0 Å². The maximum absolute atomic E-state index is 12.5. The van der Waals surface area contributed by atoms with Crippen molar-refractivity contribution in [2.45, 2.75) is 53.6 Å². The second-order valence-corrected chi connectivity index (χ2v) is 7.05. The molecule has 0 bridgehead atoms. The molecule has 0 aliphatic carbocycles. The molecule has 0 amide bonds. The van der Waals surface area contributed by atoms with E-state index in [0.717, 1.165) is 0 Å². The first kappa shape index (κ1) is 19.2. The van der Waals surface area contributed by atoms with E-state index in [1.807, 2.05) is 25.8 Å². The van der Waals surface area contributed by atoms with Crippen LogP contribution >= 0.6 is 0 Å². The van der Waals surface area contributed by atoms with Gasteiger partial charge in [0, 0.05) is 12.6 Å². The normalized spacial score (nSPS) is 13.3. The zero-order valence-corrected chi connectivity index (χ0v) is 14.9. The number of carbonyl (C=O) groups excluding carboxylic acids is 1. The first-order chi connectivity index (χ1) is 10.5. The van der Waals surface area contributed by atoms with Gasteiger partial charge in [0.2, 0.25) is 0 Å². The van der Waals surface area contributed by atoms with Gasteiger partial charge in [-0.2, -0.15) is 0 Å². The molecule has 1 aromatic rings. The lowest BCUT2D eigenvalue weighted by molar-refractivity contribution is 0.0852. The van der Waals surface area contributed by atoms with Crippen molar-refractivity contribution in [3.63, 3.8) is 0 Å². The van der Waals surface area contributed by atoms with Crippen LogP contribution in [0.5, 0.6) is 0 Å². The van der Waals surface area contributed by atoms with Crippen molar-refractivity contribution in [2.75, 3.05) is 19.3 Å². The number of hydrogen-bond acceptors (Lipinski definition) is 5. The molecule has 1 rings (SSSR count). The summed E-state index contributed by atoms with van der Waals surface area (Å²) in [6, 6.07) is 0.133. The van der Waals surface area contributed by atoms with Crippen LogP contribution in [-0.4, -0.2) is 39.9 Å². The third-order valence-electron chi connectivity index (χ3n) is 4.27. The van der Waals surface area contributed by atoms with Crippen LogP contribution in [0.2, 0.25) is 0 Å². The quantitative estimate of drug-likeness (QED) is 0.762. The van der Waals surface area contributed by atoms with Crippen molar-refractivity contribution in [3.05, 3.63) is 26.4 Å². The molecule has 0 aliphatic heterocycles. The average molecular weight is 324 g/mol. The van der Waals surface area contributed by atoms with Crippen LogP contribution in [0, 0.1) is 5.41 Å². The molecule has 7 nitrogen and oxygen atoms in total. The monoisotopic (exact) mass is 324 g/mol. The predicted octanol–water partition coefficient (Wildman–Crippen LogP) is 1.08. The molecule has 0 aliphatic rings. The number of likely N-dealkylation sites (N-methyl/N-ethyl adjacent to an activating group) is 1. The van der Waals surface area contributed by atoms with E-state index in [-0.39, 0.29) is 35.2 Å². The summed E-state index contributed by atoms with van der Waals surface area (Å²) in [6.07, 6.45) is 0.671. The van der Waals surface area contributed by atoms with Crippen molar-refractivity contribution in [1.29, 1.82) is 0 Å². The van der Waals surface area contributed by atoms with Crippen LogP contribution in [-0.2, 0) is 6.54 Å². The fraction of sp³-hybridized carbons (Fsp3) is 0.688. The van der Waals surface area contributed by atoms with Crippen molar-refractivity contribution >= 4 is 11.6 Å². The van der Waals surface area contributed by atoms with Gasteiger partial charge in [-0.05, 0) is 25.8 Å². The molecule has 3 N–H and O–H groups in total. The number of ketones is 1. The lowest BCUT2D eigenvalue weighted by Gasteiger charge is -2.34. The number of rotatable bonds is 6. The van der Waals surface area contributed by atoms with Gasteiger partial charge in [-0.25, -0.2) is 4.79 Å². The first-order valence-corrected chi connectivity index (χ1v) is 7.86. The fourth-order valence-corrected chi connectivity index (χ4v) is 2.41. The maximum atomic E-state index is 12.5. The highest BCUT2D eigenvalue weighted by Crippen LogP contribution is 2.23. The largest absolute Gasteiger partial charge is 0.384 e. The Balaban J connectivity index is 3.17. The first-order valence-electron chi connectivity index (χ1n) is 7.86. The number of hydrogen-bond donors (Lipinski definition) is 2. The minimum atomic E-state index is -0.721. The Kier molecular flexibility index (Phi) is 5.93. The Morgan fingerprint density at radius 3 is 2.39 bits per heavy atom. The van der Waals surface area contributed by atoms with E-state index in [1.165, 1.54) is 4.57 Å². The number of nitrogens with two attached hydrogens (primary N) is 1. The molecule has 1 heterocycles. The van der Waals surface area contributed by atoms with E-state index in [2.05, 4.69) is 25.8 Å². The molecule has 0 spiro atoms. The van der Waals surface area contributed by atoms with Gasteiger partial charge in [0.25, 0.3) is 5.56 Å². The summed E-state index contributed by atoms with van der Waals surface area (Å²) in [5.74, 6) is -0.436. The van der Waals surface area contributed by atoms with E-state index < -0.39 is 11.2 Å². The molecular formula is C16H28N4O3. The second-order valence-electron chi connectivity index (χ2n) is 7.05. The van der Waals surface area contributed by atoms with Gasteiger partial charge in [-0.3, -0.25) is 24.0 Å². The zero-order chi connectivity index (χ0) is 17.9. The molecular weight excluding hydrogens is 296 g/mol. The minimum absolute atomic E-state index is 0.00596. The highest BCUT2D eigenvalue weighted by molar-refractivity contribution is 6.01. The fourth-order valence-electron chi connectivity index (χ4n) is 2.41. The number of carbonyl (C=O) groups is 1. The Morgan fingerprint density at radius 2 is 1.91 bits per heavy atom. The highest BCUT2D eigenvalue weighted by atomic mass is 16.2. The van der Waals surface area contributed by atoms with E-state index in [4.69, 9.17) is 5.73 Å². The molecule has 0 saturated carbocycles. The molecule has 1 aromatic heterocycles. The predicted molar refractivity (Wildman–Crippen MR) is 91.9 cm³/mol. The molecule has 7 heteroatoms. The number of Topliss-reactive ketones (excluding diaryl/α,β-unsaturated/α-hetero) is 1. The lowest BCUT2D eigenvalue weighted by Crippen LogP contribution is -2.44. The van der Waals surface area contributed by atoms with Crippen molar-refractivity contribution in [2.24, 2.45) is 5.41 Å². The van der Waals surface area contributed by atoms with Gasteiger partial charge in [0.15, 0.2) is 5.78 Å². The average Bonchev–Trinajstić information content (AvgIpc) is 2.41. The summed E-state index contributed by atoms with van der Waals surface area (Å²) in [6.45, 7) is 10.6. The number of H-pyrrole nitrogens is 1. The minimum Gasteiger partial charge on any atom is -0.384 e. The Labute approximate surface area is 136 Å². The molecule has 1 atom stereocenters. The molecule has 0 radical (unpaired) electrons. The number of anilines is 1. The number of nitrogen functional groups attached to an aromatic ring is 1. The van der Waals surface area contributed by atoms with Gasteiger partial charge < -0.3 is 5.73 Å². The zero-order valence-electron chi connectivity index (χ0n) is 14.9. The summed E-state index contributed by atoms with van der Waals surface area (Å²) in [5, 5.41) is 0. The summed E-state index contributed by atoms with van der Waals surface area (Å²) in [5.41, 5.74) is 4.47. The molecule has 130 valence electrons. The van der Waals surface area contributed by atoms with E-state index in [1.54, 1.807) is 0 Å². The van der Waals surface area contributed by atoms with Gasteiger partial charge in [0.05, 0.1) is 6.54 Å². The van der Waals surface area contributed by atoms with Crippen LogP contribution in [0.3, 0.4) is 0 Å². The third-order valence-corrected chi connectivity index (χ3v) is 4.27.